The van der Waals surface area contributed by atoms with Crippen LogP contribution >= 0.6 is 0 Å². The Bertz CT molecular complexity index is 1960. The number of amides is 3. The number of ether oxygens (including phenoxy) is 3. The molecule has 0 saturated heterocycles. The van der Waals surface area contributed by atoms with Gasteiger partial charge in [0.2, 0.25) is 17.7 Å². The molecule has 3 atom stereocenters. The number of unbranched alkanes of at least 4 members (excludes halogenated alkanes) is 1. The molecule has 0 aliphatic carbocycles. The summed E-state index contributed by atoms with van der Waals surface area (Å²) in [5.74, 6) is -0.955. The van der Waals surface area contributed by atoms with Crippen molar-refractivity contribution < 1.29 is 33.4 Å². The smallest absolute Gasteiger partial charge is 0.328 e. The van der Waals surface area contributed by atoms with Crippen molar-refractivity contribution in [2.24, 2.45) is 5.73 Å². The topological polar surface area (TPSA) is 158 Å². The van der Waals surface area contributed by atoms with Crippen molar-refractivity contribution in [3.05, 3.63) is 83.9 Å². The Balaban J connectivity index is 1.78. The second-order valence-electron chi connectivity index (χ2n) is 12.6. The van der Waals surface area contributed by atoms with Gasteiger partial charge >= 0.3 is 5.97 Å². The van der Waals surface area contributed by atoms with Gasteiger partial charge in [0.1, 0.15) is 29.6 Å². The summed E-state index contributed by atoms with van der Waals surface area (Å²) in [7, 11) is 4.49. The Morgan fingerprint density at radius 3 is 2.02 bits per heavy atom. The molecule has 4 aromatic rings. The summed E-state index contributed by atoms with van der Waals surface area (Å²) in [6.45, 7) is 1.75. The van der Waals surface area contributed by atoms with Crippen LogP contribution in [0.2, 0.25) is 0 Å². The molecule has 5 rings (SSSR count). The summed E-state index contributed by atoms with van der Waals surface area (Å²) >= 11 is 0. The fourth-order valence-electron chi connectivity index (χ4n) is 6.82. The maximum absolute atomic E-state index is 14.1. The number of carbonyl (C=O) groups excluding carboxylic acids is 4. The van der Waals surface area contributed by atoms with Crippen LogP contribution < -0.4 is 31.2 Å². The van der Waals surface area contributed by atoms with Crippen molar-refractivity contribution in [3.8, 4) is 22.6 Å². The van der Waals surface area contributed by atoms with Gasteiger partial charge < -0.3 is 35.9 Å². The van der Waals surface area contributed by atoms with Crippen LogP contribution in [0.25, 0.3) is 32.7 Å². The van der Waals surface area contributed by atoms with Gasteiger partial charge in [0, 0.05) is 24.5 Å². The lowest BCUT2D eigenvalue weighted by atomic mass is 9.87. The molecule has 1 aliphatic heterocycles. The van der Waals surface area contributed by atoms with Gasteiger partial charge in [-0.05, 0) is 83.5 Å². The number of fused-ring (bicyclic) bond motifs is 9. The Morgan fingerprint density at radius 1 is 0.824 bits per heavy atom. The van der Waals surface area contributed by atoms with Crippen LogP contribution in [0.15, 0.2) is 72.8 Å². The van der Waals surface area contributed by atoms with E-state index in [1.807, 2.05) is 66.7 Å². The number of carbonyl (C=O) groups is 4. The lowest BCUT2D eigenvalue weighted by Gasteiger charge is -2.26. The van der Waals surface area contributed by atoms with E-state index >= 15 is 0 Å². The van der Waals surface area contributed by atoms with Crippen LogP contribution in [0.4, 0.5) is 0 Å². The van der Waals surface area contributed by atoms with E-state index in [1.54, 1.807) is 14.2 Å². The number of methoxy groups -OCH3 is 3. The summed E-state index contributed by atoms with van der Waals surface area (Å²) < 4.78 is 17.4. The molecule has 0 spiro atoms. The summed E-state index contributed by atoms with van der Waals surface area (Å²) in [5, 5.41) is 12.2. The Hall–Kier alpha value is -5.42. The number of rotatable bonds is 8. The van der Waals surface area contributed by atoms with Crippen LogP contribution in [0.3, 0.4) is 0 Å². The lowest BCUT2D eigenvalue weighted by Crippen LogP contribution is -2.56. The highest BCUT2D eigenvalue weighted by molar-refractivity contribution is 6.11. The SMILES string of the molecule is COC(=O)[C@H]1C/C=C/Cc2cc3ccccc3c(c2OC)-c2c(OC)c(cc3ccccc23)CC(NC(C)=O)C(=O)N[C@H](CCCCN)C(=O)N1. The van der Waals surface area contributed by atoms with E-state index in [0.717, 1.165) is 38.2 Å². The standard InChI is InChI=1S/C40H46N4O7/c1-24(45)42-33-23-28-22-26-14-6-9-17-30(26)35(37(28)50-3)34-29-16-8-5-13-25(29)21-27(36(34)49-2)15-7-10-19-32(40(48)51-4)44-38(46)31(43-39(33)47)18-11-12-20-41/h5-10,13-14,16-17,21-22,31-33H,11-12,15,18-20,23,41H2,1-4H3,(H,42,45)(H,43,47)(H,44,46)/b10-7+/t31-,32-,33?/m1/s1. The third-order valence-corrected chi connectivity index (χ3v) is 9.19. The van der Waals surface area contributed by atoms with E-state index in [2.05, 4.69) is 22.0 Å². The summed E-state index contributed by atoms with van der Waals surface area (Å²) in [6.07, 6.45) is 5.89. The fraction of sp³-hybridized carbons (Fsp3) is 0.350. The van der Waals surface area contributed by atoms with Crippen molar-refractivity contribution in [3.63, 3.8) is 0 Å². The van der Waals surface area contributed by atoms with Crippen LogP contribution in [0, 0.1) is 0 Å². The first-order chi connectivity index (χ1) is 24.7. The van der Waals surface area contributed by atoms with Gasteiger partial charge in [0.15, 0.2) is 0 Å². The van der Waals surface area contributed by atoms with E-state index in [1.165, 1.54) is 14.0 Å². The first-order valence-corrected chi connectivity index (χ1v) is 17.2. The molecule has 5 N–H and O–H groups in total. The van der Waals surface area contributed by atoms with Crippen LogP contribution in [-0.4, -0.2) is 69.7 Å². The van der Waals surface area contributed by atoms with E-state index in [4.69, 9.17) is 19.9 Å². The van der Waals surface area contributed by atoms with Crippen LogP contribution in [0.5, 0.6) is 11.5 Å². The van der Waals surface area contributed by atoms with Gasteiger partial charge in [0.05, 0.1) is 21.3 Å². The average molecular weight is 695 g/mol. The average Bonchev–Trinajstić information content (AvgIpc) is 3.13. The van der Waals surface area contributed by atoms with Gasteiger partial charge in [-0.25, -0.2) is 4.79 Å². The van der Waals surface area contributed by atoms with Crippen LogP contribution in [-0.2, 0) is 36.8 Å². The number of hydrogen-bond acceptors (Lipinski definition) is 8. The van der Waals surface area contributed by atoms with Gasteiger partial charge in [-0.3, -0.25) is 14.4 Å². The number of nitrogens with two attached hydrogens (primary N) is 1. The summed E-state index contributed by atoms with van der Waals surface area (Å²) in [4.78, 5) is 53.2. The molecule has 0 fully saturated rings. The summed E-state index contributed by atoms with van der Waals surface area (Å²) in [5.41, 5.74) is 8.92. The Morgan fingerprint density at radius 2 is 1.43 bits per heavy atom. The van der Waals surface area contributed by atoms with Crippen molar-refractivity contribution >= 4 is 45.2 Å². The molecule has 4 bridgehead atoms. The largest absolute Gasteiger partial charge is 0.496 e. The second kappa shape index (κ2) is 17.0. The molecule has 0 aromatic heterocycles. The molecular weight excluding hydrogens is 648 g/mol. The van der Waals surface area contributed by atoms with Crippen molar-refractivity contribution in [1.82, 2.24) is 16.0 Å². The van der Waals surface area contributed by atoms with Crippen molar-refractivity contribution in [2.45, 2.75) is 63.6 Å². The van der Waals surface area contributed by atoms with Crippen LogP contribution in [0.1, 0.15) is 43.7 Å². The molecule has 1 heterocycles. The number of hydrogen-bond donors (Lipinski definition) is 4. The fourth-order valence-corrected chi connectivity index (χ4v) is 6.82. The predicted octanol–water partition coefficient (Wildman–Crippen LogP) is 4.50. The van der Waals surface area contributed by atoms with Gasteiger partial charge in [0.25, 0.3) is 0 Å². The second-order valence-corrected chi connectivity index (χ2v) is 12.6. The van der Waals surface area contributed by atoms with Crippen molar-refractivity contribution in [1.29, 1.82) is 0 Å². The molecule has 268 valence electrons. The van der Waals surface area contributed by atoms with Gasteiger partial charge in [-0.2, -0.15) is 0 Å². The zero-order valence-electron chi connectivity index (χ0n) is 29.5. The normalized spacial score (nSPS) is 18.9. The zero-order valence-corrected chi connectivity index (χ0v) is 29.5. The lowest BCUT2D eigenvalue weighted by molar-refractivity contribution is -0.145. The van der Waals surface area contributed by atoms with E-state index in [0.29, 0.717) is 42.9 Å². The van der Waals surface area contributed by atoms with Gasteiger partial charge in [-0.1, -0.05) is 60.7 Å². The summed E-state index contributed by atoms with van der Waals surface area (Å²) in [6, 6.07) is 17.0. The highest BCUT2D eigenvalue weighted by Gasteiger charge is 2.31. The molecule has 0 saturated carbocycles. The molecule has 1 aliphatic rings. The Labute approximate surface area is 297 Å². The number of esters is 1. The quantitative estimate of drug-likeness (QED) is 0.119. The number of benzene rings is 4. The predicted molar refractivity (Wildman–Crippen MR) is 198 cm³/mol. The highest BCUT2D eigenvalue weighted by Crippen LogP contribution is 2.48. The number of nitrogens with one attached hydrogen (secondary N) is 3. The van der Waals surface area contributed by atoms with E-state index in [9.17, 15) is 19.2 Å². The maximum Gasteiger partial charge on any atom is 0.328 e. The molecule has 51 heavy (non-hydrogen) atoms. The third kappa shape index (κ3) is 8.32. The highest BCUT2D eigenvalue weighted by atomic mass is 16.5. The Kier molecular flexibility index (Phi) is 12.3. The van der Waals surface area contributed by atoms with E-state index in [-0.39, 0.29) is 19.3 Å². The molecule has 0 radical (unpaired) electrons. The monoisotopic (exact) mass is 694 g/mol. The zero-order chi connectivity index (χ0) is 36.5. The minimum absolute atomic E-state index is 0.0526. The maximum atomic E-state index is 14.1. The first kappa shape index (κ1) is 36.9. The molecule has 11 nitrogen and oxygen atoms in total. The molecule has 3 amide bonds. The van der Waals surface area contributed by atoms with E-state index < -0.39 is 41.8 Å². The minimum atomic E-state index is -1.07. The van der Waals surface area contributed by atoms with Gasteiger partial charge in [-0.15, -0.1) is 0 Å². The molecular formula is C40H46N4O7. The number of allylic oxidation sites excluding steroid dienone is 1. The molecule has 11 heteroatoms. The van der Waals surface area contributed by atoms with Crippen molar-refractivity contribution in [2.75, 3.05) is 27.9 Å². The first-order valence-electron chi connectivity index (χ1n) is 17.2. The molecule has 4 aromatic carbocycles. The minimum Gasteiger partial charge on any atom is -0.496 e. The molecule has 1 unspecified atom stereocenters. The third-order valence-electron chi connectivity index (χ3n) is 9.19.